The number of amides is 2. The van der Waals surface area contributed by atoms with Crippen LogP contribution in [0.4, 0.5) is 9.59 Å². The average Bonchev–Trinajstić information content (AvgIpc) is 2.84. The second kappa shape index (κ2) is 12.9. The third-order valence-electron chi connectivity index (χ3n) is 5.72. The molecule has 0 radical (unpaired) electrons. The molecule has 0 fully saturated rings. The summed E-state index contributed by atoms with van der Waals surface area (Å²) < 4.78 is 5.44. The third kappa shape index (κ3) is 9.57. The quantitative estimate of drug-likeness (QED) is 0.314. The smallest absolute Gasteiger partial charge is 0.407 e. The first kappa shape index (κ1) is 27.7. The molecular formula is C29H35N3O5. The van der Waals surface area contributed by atoms with Gasteiger partial charge in [-0.3, -0.25) is 4.98 Å². The molecule has 0 spiro atoms. The van der Waals surface area contributed by atoms with Gasteiger partial charge < -0.3 is 25.6 Å². The number of ether oxygens (including phenoxy) is 1. The molecule has 0 aliphatic rings. The maximum atomic E-state index is 12.6. The monoisotopic (exact) mass is 505 g/mol. The molecule has 0 aliphatic carbocycles. The summed E-state index contributed by atoms with van der Waals surface area (Å²) in [4.78, 5) is 28.4. The van der Waals surface area contributed by atoms with Crippen molar-refractivity contribution in [3.05, 3.63) is 90.1 Å². The highest BCUT2D eigenvalue weighted by atomic mass is 16.6. The van der Waals surface area contributed by atoms with Crippen molar-refractivity contribution in [2.75, 3.05) is 0 Å². The minimum Gasteiger partial charge on any atom is -0.465 e. The van der Waals surface area contributed by atoms with E-state index in [1.807, 2.05) is 72.8 Å². The molecule has 8 heteroatoms. The van der Waals surface area contributed by atoms with Crippen molar-refractivity contribution in [2.24, 2.45) is 0 Å². The summed E-state index contributed by atoms with van der Waals surface area (Å²) in [7, 11) is 0. The number of pyridine rings is 1. The van der Waals surface area contributed by atoms with Gasteiger partial charge in [-0.25, -0.2) is 9.59 Å². The van der Waals surface area contributed by atoms with Gasteiger partial charge >= 0.3 is 12.2 Å². The zero-order valence-corrected chi connectivity index (χ0v) is 21.4. The van der Waals surface area contributed by atoms with Gasteiger partial charge in [0.25, 0.3) is 0 Å². The number of aliphatic hydroxyl groups is 1. The highest BCUT2D eigenvalue weighted by molar-refractivity contribution is 5.68. The van der Waals surface area contributed by atoms with Crippen LogP contribution in [0.1, 0.15) is 38.3 Å². The van der Waals surface area contributed by atoms with Crippen LogP contribution in [-0.2, 0) is 17.6 Å². The van der Waals surface area contributed by atoms with Crippen molar-refractivity contribution in [2.45, 2.75) is 63.8 Å². The molecule has 0 aliphatic heterocycles. The van der Waals surface area contributed by atoms with E-state index in [1.54, 1.807) is 27.0 Å². The molecule has 37 heavy (non-hydrogen) atoms. The van der Waals surface area contributed by atoms with E-state index in [2.05, 4.69) is 15.6 Å². The van der Waals surface area contributed by atoms with E-state index in [4.69, 9.17) is 4.74 Å². The second-order valence-electron chi connectivity index (χ2n) is 10.0. The molecule has 2 aromatic carbocycles. The number of nitrogens with zero attached hydrogens (tertiary/aromatic N) is 1. The van der Waals surface area contributed by atoms with E-state index in [-0.39, 0.29) is 6.42 Å². The van der Waals surface area contributed by atoms with Crippen LogP contribution >= 0.6 is 0 Å². The number of rotatable bonds is 10. The van der Waals surface area contributed by atoms with Crippen molar-refractivity contribution in [3.8, 4) is 11.3 Å². The summed E-state index contributed by atoms with van der Waals surface area (Å²) in [5, 5.41) is 25.7. The van der Waals surface area contributed by atoms with Crippen LogP contribution in [0.2, 0.25) is 0 Å². The first-order valence-electron chi connectivity index (χ1n) is 12.3. The van der Waals surface area contributed by atoms with Crippen molar-refractivity contribution in [3.63, 3.8) is 0 Å². The van der Waals surface area contributed by atoms with Gasteiger partial charge in [-0.2, -0.15) is 0 Å². The van der Waals surface area contributed by atoms with Gasteiger partial charge in [0.2, 0.25) is 0 Å². The number of carbonyl (C=O) groups excluding carboxylic acids is 1. The summed E-state index contributed by atoms with van der Waals surface area (Å²) in [5.74, 6) is 0. The molecular weight excluding hydrogens is 470 g/mol. The molecule has 3 atom stereocenters. The average molecular weight is 506 g/mol. The number of benzene rings is 2. The van der Waals surface area contributed by atoms with Gasteiger partial charge in [0.15, 0.2) is 0 Å². The maximum Gasteiger partial charge on any atom is 0.407 e. The van der Waals surface area contributed by atoms with Crippen molar-refractivity contribution < 1.29 is 24.5 Å². The van der Waals surface area contributed by atoms with Crippen LogP contribution in [0.15, 0.2) is 79.0 Å². The predicted octanol–water partition coefficient (Wildman–Crippen LogP) is 4.81. The van der Waals surface area contributed by atoms with Crippen LogP contribution in [0.5, 0.6) is 0 Å². The number of aliphatic hydroxyl groups excluding tert-OH is 1. The van der Waals surface area contributed by atoms with Gasteiger partial charge in [0.05, 0.1) is 17.8 Å². The lowest BCUT2D eigenvalue weighted by Gasteiger charge is -2.28. The Morgan fingerprint density at radius 2 is 1.54 bits per heavy atom. The Morgan fingerprint density at radius 3 is 2.14 bits per heavy atom. The van der Waals surface area contributed by atoms with Gasteiger partial charge in [-0.05, 0) is 63.3 Å². The highest BCUT2D eigenvalue weighted by Crippen LogP contribution is 2.19. The number of nitrogens with one attached hydrogen (secondary N) is 2. The third-order valence-corrected chi connectivity index (χ3v) is 5.72. The molecule has 4 N–H and O–H groups in total. The molecule has 0 bridgehead atoms. The molecule has 0 unspecified atom stereocenters. The van der Waals surface area contributed by atoms with E-state index >= 15 is 0 Å². The molecule has 3 aromatic rings. The number of alkyl carbamates (subject to hydrolysis) is 1. The Bertz CT molecular complexity index is 1130. The molecule has 1 aromatic heterocycles. The predicted molar refractivity (Wildman–Crippen MR) is 142 cm³/mol. The Morgan fingerprint density at radius 1 is 0.892 bits per heavy atom. The number of carboxylic acid groups (broad SMARTS) is 1. The van der Waals surface area contributed by atoms with Crippen LogP contribution < -0.4 is 10.6 Å². The summed E-state index contributed by atoms with van der Waals surface area (Å²) in [6.07, 6.45) is -0.274. The number of hydrogen-bond donors (Lipinski definition) is 4. The minimum absolute atomic E-state index is 0.124. The summed E-state index contributed by atoms with van der Waals surface area (Å²) in [5.41, 5.74) is 2.98. The molecule has 1 heterocycles. The molecule has 2 amide bonds. The molecule has 0 saturated heterocycles. The van der Waals surface area contributed by atoms with E-state index in [0.717, 1.165) is 22.4 Å². The fraction of sp³-hybridized carbons (Fsp3) is 0.345. The Labute approximate surface area is 217 Å². The lowest BCUT2D eigenvalue weighted by Crippen LogP contribution is -2.48. The van der Waals surface area contributed by atoms with Crippen molar-refractivity contribution >= 4 is 12.2 Å². The highest BCUT2D eigenvalue weighted by Gasteiger charge is 2.27. The zero-order chi connectivity index (χ0) is 26.8. The van der Waals surface area contributed by atoms with E-state index in [1.165, 1.54) is 0 Å². The van der Waals surface area contributed by atoms with Gasteiger partial charge in [-0.15, -0.1) is 0 Å². The van der Waals surface area contributed by atoms with Gasteiger partial charge in [0.1, 0.15) is 5.60 Å². The van der Waals surface area contributed by atoms with E-state index in [9.17, 15) is 19.8 Å². The fourth-order valence-electron chi connectivity index (χ4n) is 4.06. The summed E-state index contributed by atoms with van der Waals surface area (Å²) >= 11 is 0. The zero-order valence-electron chi connectivity index (χ0n) is 21.4. The van der Waals surface area contributed by atoms with E-state index in [0.29, 0.717) is 12.8 Å². The van der Waals surface area contributed by atoms with Crippen molar-refractivity contribution in [1.82, 2.24) is 15.6 Å². The summed E-state index contributed by atoms with van der Waals surface area (Å²) in [6.45, 7) is 5.33. The number of aromatic nitrogens is 1. The van der Waals surface area contributed by atoms with Gasteiger partial charge in [0, 0.05) is 17.8 Å². The Hall–Kier alpha value is -3.91. The molecule has 8 nitrogen and oxygen atoms in total. The normalized spacial score (nSPS) is 13.7. The van der Waals surface area contributed by atoms with Crippen LogP contribution in [-0.4, -0.2) is 51.2 Å². The maximum absolute atomic E-state index is 12.6. The van der Waals surface area contributed by atoms with Crippen LogP contribution in [0, 0.1) is 0 Å². The topological polar surface area (TPSA) is 121 Å². The Kier molecular flexibility index (Phi) is 9.63. The second-order valence-corrected chi connectivity index (χ2v) is 10.0. The summed E-state index contributed by atoms with van der Waals surface area (Å²) in [6, 6.07) is 21.7. The molecule has 3 rings (SSSR count). The van der Waals surface area contributed by atoms with Gasteiger partial charge in [-0.1, -0.05) is 60.7 Å². The fourth-order valence-corrected chi connectivity index (χ4v) is 4.06. The Balaban J connectivity index is 1.76. The first-order chi connectivity index (χ1) is 17.6. The van der Waals surface area contributed by atoms with Crippen LogP contribution in [0.25, 0.3) is 11.3 Å². The lowest BCUT2D eigenvalue weighted by atomic mass is 9.93. The largest absolute Gasteiger partial charge is 0.465 e. The standard InChI is InChI=1S/C29H35N3O5/c1-29(2,3)37-28(36)31-23(17-21-12-14-22(15-13-21)24-11-7-8-16-30-24)19-26(33)25(32-27(34)35)18-20-9-5-4-6-10-20/h4-16,23,25-26,32-33H,17-19H2,1-3H3,(H,31,36)(H,34,35)/t23-,25-,26-/m0/s1. The van der Waals surface area contributed by atoms with Crippen molar-refractivity contribution in [1.29, 1.82) is 0 Å². The molecule has 0 saturated carbocycles. The lowest BCUT2D eigenvalue weighted by molar-refractivity contribution is 0.0467. The van der Waals surface area contributed by atoms with E-state index < -0.39 is 36.0 Å². The van der Waals surface area contributed by atoms with Crippen LogP contribution in [0.3, 0.4) is 0 Å². The molecule has 196 valence electrons. The SMILES string of the molecule is CC(C)(C)OC(=O)N[C@@H](Cc1ccc(-c2ccccn2)cc1)C[C@H](O)[C@H](Cc1ccccc1)NC(=O)O. The number of hydrogen-bond acceptors (Lipinski definition) is 5. The first-order valence-corrected chi connectivity index (χ1v) is 12.3. The minimum atomic E-state index is -1.22. The number of carbonyl (C=O) groups is 2.